The summed E-state index contributed by atoms with van der Waals surface area (Å²) in [4.78, 5) is 5.03. The standard InChI is InChI=1S/C52H42N2Si2/c1-55(2)47-23-13-18-41-51-40-27-25-38(54-45-21-11-7-16-35(45)29-36-17-8-12-22-46(36)54)31-49(40)56(3,4)50(51)32-42(52(41)47)39-26-24-37(30-48(39)55)53-43-19-9-5-14-33(43)28-34-15-6-10-20-44(34)53/h5-27,30-32H,28-29H2,1-4H3. The third-order valence-electron chi connectivity index (χ3n) is 13.6. The van der Waals surface area contributed by atoms with Crippen LogP contribution in [0.2, 0.25) is 26.2 Å². The van der Waals surface area contributed by atoms with Crippen molar-refractivity contribution in [1.29, 1.82) is 0 Å². The fourth-order valence-electron chi connectivity index (χ4n) is 10.9. The van der Waals surface area contributed by atoms with Crippen LogP contribution in [0, 0.1) is 0 Å². The van der Waals surface area contributed by atoms with Gasteiger partial charge in [0.2, 0.25) is 0 Å². The Kier molecular flexibility index (Phi) is 6.53. The molecule has 0 bridgehead atoms. The lowest BCUT2D eigenvalue weighted by Gasteiger charge is -2.37. The number of rotatable bonds is 2. The molecule has 268 valence electrons. The maximum atomic E-state index is 2.65. The third-order valence-corrected chi connectivity index (χ3v) is 20.7. The molecule has 4 aliphatic heterocycles. The molecule has 0 amide bonds. The monoisotopic (exact) mass is 750 g/mol. The molecule has 0 aliphatic carbocycles. The largest absolute Gasteiger partial charge is 0.310 e. The molecule has 4 heterocycles. The van der Waals surface area contributed by atoms with Crippen molar-refractivity contribution in [3.05, 3.63) is 180 Å². The van der Waals surface area contributed by atoms with Crippen molar-refractivity contribution < 1.29 is 0 Å². The molecule has 0 saturated heterocycles. The first-order valence-corrected chi connectivity index (χ1v) is 26.1. The summed E-state index contributed by atoms with van der Waals surface area (Å²) in [6.45, 7) is 10.3. The van der Waals surface area contributed by atoms with Crippen molar-refractivity contribution in [1.82, 2.24) is 0 Å². The molecule has 2 nitrogen and oxygen atoms in total. The topological polar surface area (TPSA) is 6.48 Å². The Hall–Kier alpha value is -5.95. The van der Waals surface area contributed by atoms with Gasteiger partial charge in [-0.15, -0.1) is 0 Å². The van der Waals surface area contributed by atoms with E-state index in [4.69, 9.17) is 0 Å². The Morgan fingerprint density at radius 2 is 0.821 bits per heavy atom. The molecule has 4 heteroatoms. The zero-order valence-electron chi connectivity index (χ0n) is 32.3. The van der Waals surface area contributed by atoms with Gasteiger partial charge in [0.1, 0.15) is 16.1 Å². The van der Waals surface area contributed by atoms with Gasteiger partial charge in [-0.05, 0) is 125 Å². The number of hydrogen-bond donors (Lipinski definition) is 0. The summed E-state index contributed by atoms with van der Waals surface area (Å²) in [5.74, 6) is 0. The van der Waals surface area contributed by atoms with Crippen LogP contribution in [-0.2, 0) is 12.8 Å². The smallest absolute Gasteiger partial charge is 0.113 e. The summed E-state index contributed by atoms with van der Waals surface area (Å²) in [7, 11) is -4.24. The maximum absolute atomic E-state index is 2.65. The van der Waals surface area contributed by atoms with Crippen LogP contribution in [-0.4, -0.2) is 16.1 Å². The van der Waals surface area contributed by atoms with Gasteiger partial charge in [0.15, 0.2) is 0 Å². The summed E-state index contributed by atoms with van der Waals surface area (Å²) in [5.41, 5.74) is 19.0. The third kappa shape index (κ3) is 4.26. The fraction of sp³-hybridized carbons (Fsp3) is 0.115. The van der Waals surface area contributed by atoms with Crippen LogP contribution in [0.1, 0.15) is 22.3 Å². The van der Waals surface area contributed by atoms with Gasteiger partial charge in [0.05, 0.1) is 0 Å². The van der Waals surface area contributed by atoms with Crippen molar-refractivity contribution in [2.75, 3.05) is 9.80 Å². The molecule has 0 N–H and O–H groups in total. The van der Waals surface area contributed by atoms with E-state index in [0.717, 1.165) is 12.8 Å². The lowest BCUT2D eigenvalue weighted by atomic mass is 9.90. The Morgan fingerprint density at radius 1 is 0.375 bits per heavy atom. The second kappa shape index (κ2) is 11.3. The van der Waals surface area contributed by atoms with Crippen LogP contribution < -0.4 is 30.5 Å². The minimum atomic E-state index is -2.12. The predicted molar refractivity (Wildman–Crippen MR) is 243 cm³/mol. The van der Waals surface area contributed by atoms with Crippen LogP contribution in [0.15, 0.2) is 158 Å². The highest BCUT2D eigenvalue weighted by molar-refractivity contribution is 7.05. The predicted octanol–water partition coefficient (Wildman–Crippen LogP) is 11.2. The van der Waals surface area contributed by atoms with E-state index in [1.165, 1.54) is 94.6 Å². The summed E-state index contributed by atoms with van der Waals surface area (Å²) in [6.07, 6.45) is 1.94. The van der Waals surface area contributed by atoms with Crippen LogP contribution >= 0.6 is 0 Å². The molecule has 0 unspecified atom stereocenters. The van der Waals surface area contributed by atoms with E-state index in [2.05, 4.69) is 194 Å². The Labute approximate surface area is 331 Å². The molecule has 0 aromatic heterocycles. The summed E-state index contributed by atoms with van der Waals surface area (Å²) >= 11 is 0. The highest BCUT2D eigenvalue weighted by Crippen LogP contribution is 2.48. The molecule has 0 radical (unpaired) electrons. The summed E-state index contributed by atoms with van der Waals surface area (Å²) < 4.78 is 0. The Bertz CT molecular complexity index is 2920. The second-order valence-corrected chi connectivity index (χ2v) is 26.0. The first-order chi connectivity index (χ1) is 27.3. The molecule has 0 atom stereocenters. The van der Waals surface area contributed by atoms with Crippen molar-refractivity contribution in [2.24, 2.45) is 0 Å². The molecular formula is C52H42N2Si2. The first kappa shape index (κ1) is 32.3. The Balaban J connectivity index is 1.04. The van der Waals surface area contributed by atoms with Gasteiger partial charge in [-0.3, -0.25) is 0 Å². The number of fused-ring (bicyclic) bond motifs is 10. The highest BCUT2D eigenvalue weighted by atomic mass is 28.3. The number of anilines is 6. The molecule has 0 saturated carbocycles. The van der Waals surface area contributed by atoms with E-state index in [0.29, 0.717) is 0 Å². The minimum absolute atomic E-state index is 0.969. The van der Waals surface area contributed by atoms with E-state index in [1.807, 2.05) is 0 Å². The highest BCUT2D eigenvalue weighted by Gasteiger charge is 2.43. The van der Waals surface area contributed by atoms with Crippen LogP contribution in [0.5, 0.6) is 0 Å². The van der Waals surface area contributed by atoms with Crippen molar-refractivity contribution in [2.45, 2.75) is 39.0 Å². The average Bonchev–Trinajstić information content (AvgIpc) is 3.45. The SMILES string of the molecule is C[Si]1(C)c2cc(N3c4ccccc4Cc4ccccc43)ccc2-c2c1cc1c3c(cccc23)[Si](C)(C)c2cc(N3c4ccccc4Cc4ccccc43)ccc2-1. The van der Waals surface area contributed by atoms with Gasteiger partial charge in [0.25, 0.3) is 0 Å². The molecule has 8 aromatic rings. The maximum Gasteiger partial charge on any atom is 0.113 e. The number of benzene rings is 8. The van der Waals surface area contributed by atoms with Crippen LogP contribution in [0.25, 0.3) is 33.0 Å². The molecule has 12 rings (SSSR count). The lowest BCUT2D eigenvalue weighted by molar-refractivity contribution is 1.09. The zero-order valence-corrected chi connectivity index (χ0v) is 34.3. The number of hydrogen-bond acceptors (Lipinski definition) is 2. The van der Waals surface area contributed by atoms with E-state index < -0.39 is 16.1 Å². The van der Waals surface area contributed by atoms with E-state index >= 15 is 0 Å². The van der Waals surface area contributed by atoms with Gasteiger partial charge in [-0.25, -0.2) is 0 Å². The first-order valence-electron chi connectivity index (χ1n) is 20.1. The molecular weight excluding hydrogens is 709 g/mol. The van der Waals surface area contributed by atoms with Crippen LogP contribution in [0.4, 0.5) is 34.1 Å². The quantitative estimate of drug-likeness (QED) is 0.162. The zero-order chi connectivity index (χ0) is 37.5. The van der Waals surface area contributed by atoms with Gasteiger partial charge >= 0.3 is 0 Å². The van der Waals surface area contributed by atoms with E-state index in [1.54, 1.807) is 15.6 Å². The van der Waals surface area contributed by atoms with E-state index in [9.17, 15) is 0 Å². The lowest BCUT2D eigenvalue weighted by Crippen LogP contribution is -2.56. The van der Waals surface area contributed by atoms with Crippen LogP contribution in [0.3, 0.4) is 0 Å². The molecule has 4 aliphatic rings. The van der Waals surface area contributed by atoms with Gasteiger partial charge < -0.3 is 9.80 Å². The van der Waals surface area contributed by atoms with Crippen molar-refractivity contribution >= 4 is 81.8 Å². The normalized spacial score (nSPS) is 15.9. The van der Waals surface area contributed by atoms with Crippen molar-refractivity contribution in [3.63, 3.8) is 0 Å². The van der Waals surface area contributed by atoms with Crippen molar-refractivity contribution in [3.8, 4) is 22.3 Å². The fourth-order valence-corrected chi connectivity index (χ4v) is 17.0. The molecule has 56 heavy (non-hydrogen) atoms. The molecule has 8 aromatic carbocycles. The number of para-hydroxylation sites is 4. The Morgan fingerprint density at radius 3 is 1.34 bits per heavy atom. The minimum Gasteiger partial charge on any atom is -0.310 e. The average molecular weight is 751 g/mol. The molecule has 0 fully saturated rings. The van der Waals surface area contributed by atoms with Gasteiger partial charge in [-0.1, -0.05) is 135 Å². The second-order valence-electron chi connectivity index (χ2n) is 17.3. The van der Waals surface area contributed by atoms with Gasteiger partial charge in [0, 0.05) is 47.0 Å². The number of nitrogens with zero attached hydrogens (tertiary/aromatic N) is 2. The summed E-state index contributed by atoms with van der Waals surface area (Å²) in [5, 5.41) is 9.13. The van der Waals surface area contributed by atoms with Gasteiger partial charge in [-0.2, -0.15) is 0 Å². The van der Waals surface area contributed by atoms with E-state index in [-0.39, 0.29) is 0 Å². The molecule has 0 spiro atoms. The summed E-state index contributed by atoms with van der Waals surface area (Å²) in [6, 6.07) is 60.5.